The molecule has 2 N–H and O–H groups in total. The number of aliphatic hydroxyl groups excluding tert-OH is 1. The van der Waals surface area contributed by atoms with Gasteiger partial charge in [0.25, 0.3) is 5.91 Å². The molecule has 0 unspecified atom stereocenters. The van der Waals surface area contributed by atoms with Crippen LogP contribution in [-0.2, 0) is 0 Å². The van der Waals surface area contributed by atoms with E-state index in [1.165, 1.54) is 17.0 Å². The van der Waals surface area contributed by atoms with Gasteiger partial charge >= 0.3 is 6.03 Å². The number of pyridine rings is 1. The van der Waals surface area contributed by atoms with Gasteiger partial charge in [-0.2, -0.15) is 0 Å². The second-order valence-electron chi connectivity index (χ2n) is 8.53. The van der Waals surface area contributed by atoms with E-state index in [0.29, 0.717) is 12.1 Å². The smallest absolute Gasteiger partial charge is 0.321 e. The molecule has 1 aliphatic rings. The molecule has 1 aliphatic heterocycles. The molecule has 8 nitrogen and oxygen atoms in total. The van der Waals surface area contributed by atoms with Crippen LogP contribution in [0.3, 0.4) is 0 Å². The maximum absolute atomic E-state index is 13.9. The third-order valence-electron chi connectivity index (χ3n) is 5.82. The predicted octanol–water partition coefficient (Wildman–Crippen LogP) is 3.64. The number of rotatable bonds is 6. The molecule has 2 aromatic rings. The van der Waals surface area contributed by atoms with Gasteiger partial charge in [-0.05, 0) is 37.6 Å². The Morgan fingerprint density at radius 3 is 2.85 bits per heavy atom. The molecule has 3 rings (SSSR count). The Balaban J connectivity index is 1.87. The number of carbonyl (C=O) groups is 2. The van der Waals surface area contributed by atoms with E-state index in [-0.39, 0.29) is 36.5 Å². The summed E-state index contributed by atoms with van der Waals surface area (Å²) in [6.45, 7) is 5.87. The normalized spacial score (nSPS) is 19.1. The zero-order chi connectivity index (χ0) is 24.8. The highest BCUT2D eigenvalue weighted by Crippen LogP contribution is 2.28. The molecule has 3 amide bonds. The fraction of sp³-hybridized carbons (Fsp3) is 0.400. The van der Waals surface area contributed by atoms with Crippen LogP contribution in [0.4, 0.5) is 14.9 Å². The second kappa shape index (κ2) is 11.1. The van der Waals surface area contributed by atoms with Crippen LogP contribution < -0.4 is 10.1 Å². The summed E-state index contributed by atoms with van der Waals surface area (Å²) in [6.07, 6.45) is 4.79. The van der Waals surface area contributed by atoms with Crippen molar-refractivity contribution in [3.05, 3.63) is 59.5 Å². The molecule has 34 heavy (non-hydrogen) atoms. The summed E-state index contributed by atoms with van der Waals surface area (Å²) in [5, 5.41) is 12.3. The first-order chi connectivity index (χ1) is 16.2. The van der Waals surface area contributed by atoms with E-state index in [1.54, 1.807) is 43.3 Å². The minimum Gasteiger partial charge on any atom is -0.472 e. The minimum absolute atomic E-state index is 0.0862. The molecule has 1 aromatic heterocycles. The molecule has 3 atom stereocenters. The number of allylic oxidation sites excluding steroid dienone is 1. The number of likely N-dealkylation sites (N-methyl/N-ethyl adjacent to an activating group) is 1. The molecule has 0 saturated heterocycles. The van der Waals surface area contributed by atoms with Crippen LogP contribution in [0.5, 0.6) is 5.88 Å². The Morgan fingerprint density at radius 1 is 1.44 bits per heavy atom. The number of anilines is 1. The lowest BCUT2D eigenvalue weighted by atomic mass is 10.00. The number of nitrogens with zero attached hydrogens (tertiary/aromatic N) is 3. The number of fused-ring (bicyclic) bond motifs is 1. The van der Waals surface area contributed by atoms with Crippen molar-refractivity contribution >= 4 is 23.7 Å². The summed E-state index contributed by atoms with van der Waals surface area (Å²) in [7, 11) is 1.59. The van der Waals surface area contributed by atoms with E-state index in [9.17, 15) is 19.1 Å². The summed E-state index contributed by atoms with van der Waals surface area (Å²) in [6, 6.07) is 6.75. The van der Waals surface area contributed by atoms with Gasteiger partial charge in [-0.1, -0.05) is 31.2 Å². The summed E-state index contributed by atoms with van der Waals surface area (Å²) >= 11 is 0. The van der Waals surface area contributed by atoms with Gasteiger partial charge < -0.3 is 25.0 Å². The Bertz CT molecular complexity index is 1060. The number of benzene rings is 1. The summed E-state index contributed by atoms with van der Waals surface area (Å²) in [5.74, 6) is -0.812. The Morgan fingerprint density at radius 2 is 2.18 bits per heavy atom. The lowest BCUT2D eigenvalue weighted by Crippen LogP contribution is -2.50. The number of aromatic nitrogens is 1. The van der Waals surface area contributed by atoms with Crippen LogP contribution in [0.15, 0.2) is 42.6 Å². The number of nitrogens with one attached hydrogen (secondary N) is 1. The predicted molar refractivity (Wildman–Crippen MR) is 128 cm³/mol. The van der Waals surface area contributed by atoms with Crippen LogP contribution in [0.1, 0.15) is 36.7 Å². The number of ether oxygens (including phenoxy) is 1. The van der Waals surface area contributed by atoms with Crippen LogP contribution in [0, 0.1) is 11.7 Å². The molecule has 1 aromatic carbocycles. The van der Waals surface area contributed by atoms with Crippen molar-refractivity contribution in [2.75, 3.05) is 32.1 Å². The SMILES string of the molecule is C/C=C/c1cnc2c(c1)C(=O)N([C@H](C)CO)C[C@H](C)[C@H](CN(C)C(=O)Nc1ccccc1F)O2. The van der Waals surface area contributed by atoms with Crippen LogP contribution in [-0.4, -0.2) is 70.7 Å². The Kier molecular flexibility index (Phi) is 8.22. The van der Waals surface area contributed by atoms with Gasteiger partial charge in [-0.15, -0.1) is 0 Å². The zero-order valence-electron chi connectivity index (χ0n) is 19.9. The second-order valence-corrected chi connectivity index (χ2v) is 8.53. The quantitative estimate of drug-likeness (QED) is 0.672. The maximum atomic E-state index is 13.9. The van der Waals surface area contributed by atoms with E-state index >= 15 is 0 Å². The number of aliphatic hydroxyl groups is 1. The fourth-order valence-corrected chi connectivity index (χ4v) is 3.75. The van der Waals surface area contributed by atoms with Crippen LogP contribution in [0.25, 0.3) is 6.08 Å². The van der Waals surface area contributed by atoms with Gasteiger partial charge in [0.15, 0.2) is 0 Å². The molecular weight excluding hydrogens is 439 g/mol. The van der Waals surface area contributed by atoms with Gasteiger partial charge in [-0.3, -0.25) is 4.79 Å². The average molecular weight is 471 g/mol. The van der Waals surface area contributed by atoms with E-state index in [4.69, 9.17) is 4.74 Å². The van der Waals surface area contributed by atoms with Gasteiger partial charge in [-0.25, -0.2) is 14.2 Å². The first kappa shape index (κ1) is 25.2. The lowest BCUT2D eigenvalue weighted by molar-refractivity contribution is 0.0356. The van der Waals surface area contributed by atoms with Crippen molar-refractivity contribution in [1.82, 2.24) is 14.8 Å². The molecule has 0 spiro atoms. The van der Waals surface area contributed by atoms with Crippen molar-refractivity contribution in [3.63, 3.8) is 0 Å². The lowest BCUT2D eigenvalue weighted by Gasteiger charge is -2.37. The summed E-state index contributed by atoms with van der Waals surface area (Å²) in [5.41, 5.74) is 1.13. The molecule has 9 heteroatoms. The monoisotopic (exact) mass is 470 g/mol. The molecule has 0 radical (unpaired) electrons. The molecular formula is C25H31FN4O4. The number of halogens is 1. The van der Waals surface area contributed by atoms with E-state index in [1.807, 2.05) is 26.0 Å². The fourth-order valence-electron chi connectivity index (χ4n) is 3.75. The summed E-state index contributed by atoms with van der Waals surface area (Å²) < 4.78 is 20.1. The van der Waals surface area contributed by atoms with Crippen molar-refractivity contribution in [3.8, 4) is 5.88 Å². The number of hydrogen-bond acceptors (Lipinski definition) is 5. The zero-order valence-corrected chi connectivity index (χ0v) is 19.9. The molecule has 0 saturated carbocycles. The number of hydrogen-bond donors (Lipinski definition) is 2. The van der Waals surface area contributed by atoms with Crippen LogP contribution >= 0.6 is 0 Å². The van der Waals surface area contributed by atoms with Gasteiger partial charge in [0.2, 0.25) is 5.88 Å². The molecule has 2 heterocycles. The standard InChI is InChI=1S/C25H31FN4O4/c1-5-8-18-11-19-23(27-12-18)34-22(16(2)13-30(24(19)32)17(3)15-31)14-29(4)25(33)28-21-10-7-6-9-20(21)26/h5-12,16-17,22,31H,13-15H2,1-4H3,(H,28,33)/b8-5+/t16-,17+,22-/m0/s1. The highest BCUT2D eigenvalue weighted by atomic mass is 19.1. The first-order valence-electron chi connectivity index (χ1n) is 11.2. The van der Waals surface area contributed by atoms with Crippen LogP contribution in [0.2, 0.25) is 0 Å². The average Bonchev–Trinajstić information content (AvgIpc) is 2.82. The molecule has 182 valence electrons. The van der Waals surface area contributed by atoms with Crippen molar-refractivity contribution < 1.29 is 23.8 Å². The molecule has 0 aliphatic carbocycles. The van der Waals surface area contributed by atoms with Crippen molar-refractivity contribution in [2.24, 2.45) is 5.92 Å². The largest absolute Gasteiger partial charge is 0.472 e. The third kappa shape index (κ3) is 5.72. The number of amides is 3. The Hall–Kier alpha value is -3.46. The maximum Gasteiger partial charge on any atom is 0.321 e. The number of urea groups is 1. The number of carbonyl (C=O) groups excluding carboxylic acids is 2. The highest BCUT2D eigenvalue weighted by Gasteiger charge is 2.34. The third-order valence-corrected chi connectivity index (χ3v) is 5.82. The number of para-hydroxylation sites is 1. The first-order valence-corrected chi connectivity index (χ1v) is 11.2. The van der Waals surface area contributed by atoms with Gasteiger partial charge in [0, 0.05) is 25.7 Å². The highest BCUT2D eigenvalue weighted by molar-refractivity contribution is 5.97. The van der Waals surface area contributed by atoms with E-state index in [0.717, 1.165) is 5.56 Å². The van der Waals surface area contributed by atoms with E-state index < -0.39 is 24.0 Å². The van der Waals surface area contributed by atoms with Crippen molar-refractivity contribution in [1.29, 1.82) is 0 Å². The topological polar surface area (TPSA) is 95.0 Å². The van der Waals surface area contributed by atoms with Gasteiger partial charge in [0.1, 0.15) is 17.5 Å². The van der Waals surface area contributed by atoms with Gasteiger partial charge in [0.05, 0.1) is 24.9 Å². The minimum atomic E-state index is -0.526. The molecule has 0 fully saturated rings. The van der Waals surface area contributed by atoms with E-state index in [2.05, 4.69) is 10.3 Å². The Labute approximate surface area is 199 Å². The van der Waals surface area contributed by atoms with Crippen molar-refractivity contribution in [2.45, 2.75) is 32.9 Å². The molecule has 0 bridgehead atoms. The summed E-state index contributed by atoms with van der Waals surface area (Å²) in [4.78, 5) is 33.4.